The quantitative estimate of drug-likeness (QED) is 0.686. The minimum Gasteiger partial charge on any atom is -0.385 e. The van der Waals surface area contributed by atoms with Gasteiger partial charge in [0.1, 0.15) is 0 Å². The van der Waals surface area contributed by atoms with Crippen molar-refractivity contribution >= 4 is 27.8 Å². The molecule has 0 aromatic heterocycles. The van der Waals surface area contributed by atoms with E-state index in [2.05, 4.69) is 69.8 Å². The summed E-state index contributed by atoms with van der Waals surface area (Å²) in [5.74, 6) is 0.618. The molecule has 3 rings (SSSR count). The maximum absolute atomic E-state index is 4.90. The lowest BCUT2D eigenvalue weighted by atomic mass is 9.84. The Balaban J connectivity index is 1.62. The maximum atomic E-state index is 4.90. The summed E-state index contributed by atoms with van der Waals surface area (Å²) in [6.07, 6.45) is 7.12. The Kier molecular flexibility index (Phi) is 5.87. The van der Waals surface area contributed by atoms with Gasteiger partial charge in [-0.15, -0.1) is 0 Å². The molecule has 2 atom stereocenters. The fraction of sp³-hybridized carbons (Fsp3) is 0.350. The van der Waals surface area contributed by atoms with Crippen LogP contribution in [0.1, 0.15) is 31.2 Å². The van der Waals surface area contributed by atoms with Crippen molar-refractivity contribution in [2.45, 2.75) is 31.7 Å². The molecule has 0 saturated heterocycles. The highest BCUT2D eigenvalue weighted by Gasteiger charge is 2.23. The van der Waals surface area contributed by atoms with Gasteiger partial charge < -0.3 is 5.32 Å². The average molecular weight is 371 g/mol. The van der Waals surface area contributed by atoms with Gasteiger partial charge in [0.2, 0.25) is 0 Å². The van der Waals surface area contributed by atoms with Gasteiger partial charge in [0, 0.05) is 22.9 Å². The van der Waals surface area contributed by atoms with E-state index in [1.165, 1.54) is 36.9 Å². The van der Waals surface area contributed by atoms with Crippen LogP contribution < -0.4 is 5.32 Å². The standard InChI is InChI=1S/C20H23BrN2/c21-18-9-6-7-16(13-18)14-23-20-12-5-4-8-17(20)15-22-19-10-2-1-3-11-19/h1-3,6-7,9-11,13-14,17,20,22H,4-5,8,12,15H2/t17-,20+/m0/s1. The summed E-state index contributed by atoms with van der Waals surface area (Å²) >= 11 is 3.52. The molecule has 0 heterocycles. The molecule has 2 nitrogen and oxygen atoms in total. The number of benzene rings is 2. The number of hydrogen-bond donors (Lipinski definition) is 1. The molecule has 1 aliphatic carbocycles. The second-order valence-corrected chi connectivity index (χ2v) is 7.11. The van der Waals surface area contributed by atoms with Crippen molar-refractivity contribution in [2.24, 2.45) is 10.9 Å². The van der Waals surface area contributed by atoms with E-state index in [0.29, 0.717) is 12.0 Å². The Bertz CT molecular complexity index is 639. The topological polar surface area (TPSA) is 24.4 Å². The fourth-order valence-electron chi connectivity index (χ4n) is 3.20. The lowest BCUT2D eigenvalue weighted by Crippen LogP contribution is -2.29. The first kappa shape index (κ1) is 16.3. The van der Waals surface area contributed by atoms with Crippen molar-refractivity contribution in [1.82, 2.24) is 0 Å². The van der Waals surface area contributed by atoms with Crippen LogP contribution in [0.15, 0.2) is 64.1 Å². The number of anilines is 1. The van der Waals surface area contributed by atoms with Gasteiger partial charge in [-0.3, -0.25) is 4.99 Å². The van der Waals surface area contributed by atoms with Gasteiger partial charge in [0.25, 0.3) is 0 Å². The summed E-state index contributed by atoms with van der Waals surface area (Å²) in [6, 6.07) is 19.2. The zero-order valence-corrected chi connectivity index (χ0v) is 14.9. The van der Waals surface area contributed by atoms with Gasteiger partial charge in [0.05, 0.1) is 6.04 Å². The van der Waals surface area contributed by atoms with Gasteiger partial charge in [-0.1, -0.05) is 59.1 Å². The van der Waals surface area contributed by atoms with Crippen LogP contribution in [0.3, 0.4) is 0 Å². The molecule has 2 aromatic rings. The molecule has 0 amide bonds. The lowest BCUT2D eigenvalue weighted by Gasteiger charge is -2.29. The monoisotopic (exact) mass is 370 g/mol. The Labute approximate surface area is 147 Å². The second-order valence-electron chi connectivity index (χ2n) is 6.19. The van der Waals surface area contributed by atoms with E-state index < -0.39 is 0 Å². The van der Waals surface area contributed by atoms with E-state index >= 15 is 0 Å². The average Bonchev–Trinajstić information content (AvgIpc) is 2.60. The summed E-state index contributed by atoms with van der Waals surface area (Å²) in [7, 11) is 0. The molecular formula is C20H23BrN2. The minimum atomic E-state index is 0.430. The Morgan fingerprint density at radius 2 is 1.87 bits per heavy atom. The van der Waals surface area contributed by atoms with Gasteiger partial charge in [-0.05, 0) is 48.6 Å². The van der Waals surface area contributed by atoms with Crippen LogP contribution >= 0.6 is 15.9 Å². The number of halogens is 1. The largest absolute Gasteiger partial charge is 0.385 e. The SMILES string of the molecule is Brc1cccc(C=N[C@@H]2CCCC[C@H]2CNc2ccccc2)c1. The van der Waals surface area contributed by atoms with Crippen molar-refractivity contribution in [2.75, 3.05) is 11.9 Å². The molecule has 0 bridgehead atoms. The van der Waals surface area contributed by atoms with Crippen molar-refractivity contribution < 1.29 is 0 Å². The van der Waals surface area contributed by atoms with Crippen molar-refractivity contribution in [3.8, 4) is 0 Å². The van der Waals surface area contributed by atoms with Crippen LogP contribution in [0.25, 0.3) is 0 Å². The molecule has 0 aliphatic heterocycles. The molecule has 0 radical (unpaired) electrons. The predicted molar refractivity (Wildman–Crippen MR) is 102 cm³/mol. The molecule has 0 spiro atoms. The number of rotatable bonds is 5. The number of hydrogen-bond acceptors (Lipinski definition) is 2. The fourth-order valence-corrected chi connectivity index (χ4v) is 3.61. The predicted octanol–water partition coefficient (Wildman–Crippen LogP) is 5.54. The molecular weight excluding hydrogens is 348 g/mol. The molecule has 1 saturated carbocycles. The molecule has 1 N–H and O–H groups in total. The Hall–Kier alpha value is -1.61. The molecule has 23 heavy (non-hydrogen) atoms. The molecule has 120 valence electrons. The molecule has 2 aromatic carbocycles. The summed E-state index contributed by atoms with van der Waals surface area (Å²) in [4.78, 5) is 4.90. The van der Waals surface area contributed by atoms with Gasteiger partial charge >= 0.3 is 0 Å². The summed E-state index contributed by atoms with van der Waals surface area (Å²) in [5.41, 5.74) is 2.37. The van der Waals surface area contributed by atoms with Crippen LogP contribution in [-0.2, 0) is 0 Å². The van der Waals surface area contributed by atoms with E-state index in [1.807, 2.05) is 12.3 Å². The highest BCUT2D eigenvalue weighted by atomic mass is 79.9. The van der Waals surface area contributed by atoms with Gasteiger partial charge in [-0.2, -0.15) is 0 Å². The van der Waals surface area contributed by atoms with Crippen LogP contribution in [0, 0.1) is 5.92 Å². The third-order valence-electron chi connectivity index (χ3n) is 4.47. The highest BCUT2D eigenvalue weighted by molar-refractivity contribution is 9.10. The van der Waals surface area contributed by atoms with E-state index in [0.717, 1.165) is 11.0 Å². The van der Waals surface area contributed by atoms with E-state index in [4.69, 9.17) is 4.99 Å². The normalized spacial score (nSPS) is 21.4. The van der Waals surface area contributed by atoms with Crippen molar-refractivity contribution in [3.05, 3.63) is 64.6 Å². The number of aliphatic imine (C=N–C) groups is 1. The zero-order chi connectivity index (χ0) is 15.9. The van der Waals surface area contributed by atoms with Gasteiger partial charge in [-0.25, -0.2) is 0 Å². The number of nitrogens with one attached hydrogen (secondary N) is 1. The van der Waals surface area contributed by atoms with E-state index in [-0.39, 0.29) is 0 Å². The first-order valence-electron chi connectivity index (χ1n) is 8.39. The third-order valence-corrected chi connectivity index (χ3v) is 4.97. The van der Waals surface area contributed by atoms with Crippen LogP contribution in [0.2, 0.25) is 0 Å². The molecule has 3 heteroatoms. The van der Waals surface area contributed by atoms with E-state index in [1.54, 1.807) is 0 Å². The highest BCUT2D eigenvalue weighted by Crippen LogP contribution is 2.27. The van der Waals surface area contributed by atoms with Gasteiger partial charge in [0.15, 0.2) is 0 Å². The first-order chi connectivity index (χ1) is 11.3. The summed E-state index contributed by atoms with van der Waals surface area (Å²) in [5, 5.41) is 3.57. The lowest BCUT2D eigenvalue weighted by molar-refractivity contribution is 0.324. The Morgan fingerprint density at radius 3 is 2.70 bits per heavy atom. The van der Waals surface area contributed by atoms with Crippen LogP contribution in [0.4, 0.5) is 5.69 Å². The third kappa shape index (κ3) is 4.93. The molecule has 1 fully saturated rings. The minimum absolute atomic E-state index is 0.430. The molecule has 0 unspecified atom stereocenters. The number of para-hydroxylation sites is 1. The maximum Gasteiger partial charge on any atom is 0.0544 e. The first-order valence-corrected chi connectivity index (χ1v) is 9.18. The van der Waals surface area contributed by atoms with Crippen LogP contribution in [0.5, 0.6) is 0 Å². The van der Waals surface area contributed by atoms with Crippen molar-refractivity contribution in [1.29, 1.82) is 0 Å². The smallest absolute Gasteiger partial charge is 0.0544 e. The summed E-state index contributed by atoms with van der Waals surface area (Å²) < 4.78 is 1.10. The van der Waals surface area contributed by atoms with Crippen molar-refractivity contribution in [3.63, 3.8) is 0 Å². The Morgan fingerprint density at radius 1 is 1.04 bits per heavy atom. The molecule has 1 aliphatic rings. The van der Waals surface area contributed by atoms with Crippen LogP contribution in [-0.4, -0.2) is 18.8 Å². The number of nitrogens with zero attached hydrogens (tertiary/aromatic N) is 1. The summed E-state index contributed by atoms with van der Waals surface area (Å²) in [6.45, 7) is 1.00. The zero-order valence-electron chi connectivity index (χ0n) is 13.3. The van der Waals surface area contributed by atoms with E-state index in [9.17, 15) is 0 Å². The second kappa shape index (κ2) is 8.30.